The van der Waals surface area contributed by atoms with E-state index in [1.165, 1.54) is 22.5 Å². The monoisotopic (exact) mass is 478 g/mol. The lowest BCUT2D eigenvalue weighted by atomic mass is 10.0. The molecule has 1 aliphatic rings. The molecule has 33 heavy (non-hydrogen) atoms. The average Bonchev–Trinajstić information content (AvgIpc) is 2.80. The predicted octanol–water partition coefficient (Wildman–Crippen LogP) is 3.13. The second-order valence-electron chi connectivity index (χ2n) is 8.51. The summed E-state index contributed by atoms with van der Waals surface area (Å²) in [6.07, 6.45) is -0.169. The highest BCUT2D eigenvalue weighted by molar-refractivity contribution is 7.89. The zero-order chi connectivity index (χ0) is 24.3. The van der Waals surface area contributed by atoms with Crippen LogP contribution in [0.2, 0.25) is 0 Å². The van der Waals surface area contributed by atoms with Gasteiger partial charge in [0.05, 0.1) is 13.2 Å². The number of carbonyl (C=O) groups excluding carboxylic acids is 1. The number of fused-ring (bicyclic) bond motifs is 1. The van der Waals surface area contributed by atoms with Gasteiger partial charge in [-0.15, -0.1) is 0 Å². The molecular formula is C24H31FN2O5S. The van der Waals surface area contributed by atoms with E-state index in [9.17, 15) is 22.7 Å². The van der Waals surface area contributed by atoms with Crippen molar-refractivity contribution >= 4 is 15.9 Å². The maximum absolute atomic E-state index is 14.4. The Hall–Kier alpha value is -2.49. The summed E-state index contributed by atoms with van der Waals surface area (Å²) in [6.45, 7) is 5.31. The molecule has 1 heterocycles. The van der Waals surface area contributed by atoms with Crippen LogP contribution >= 0.6 is 0 Å². The lowest BCUT2D eigenvalue weighted by molar-refractivity contribution is -0.131. The third-order valence-corrected chi connectivity index (χ3v) is 8.05. The van der Waals surface area contributed by atoms with E-state index in [2.05, 4.69) is 0 Å². The molecule has 0 radical (unpaired) electrons. The number of carbonyl (C=O) groups is 1. The molecule has 0 aliphatic carbocycles. The minimum absolute atomic E-state index is 0.0516. The van der Waals surface area contributed by atoms with Gasteiger partial charge in [-0.3, -0.25) is 4.79 Å². The number of hydrogen-bond donors (Lipinski definition) is 1. The fourth-order valence-electron chi connectivity index (χ4n) is 3.95. The maximum atomic E-state index is 14.4. The van der Waals surface area contributed by atoms with Gasteiger partial charge in [0.25, 0.3) is 0 Å². The van der Waals surface area contributed by atoms with E-state index < -0.39 is 28.0 Å². The van der Waals surface area contributed by atoms with Crippen LogP contribution < -0.4 is 4.74 Å². The van der Waals surface area contributed by atoms with Gasteiger partial charge in [0, 0.05) is 37.5 Å². The number of likely N-dealkylation sites (N-methyl/N-ethyl adjacent to an activating group) is 1. The van der Waals surface area contributed by atoms with Crippen molar-refractivity contribution in [3.63, 3.8) is 0 Å². The summed E-state index contributed by atoms with van der Waals surface area (Å²) in [4.78, 5) is 13.7. The van der Waals surface area contributed by atoms with Crippen molar-refractivity contribution < 1.29 is 27.4 Å². The summed E-state index contributed by atoms with van der Waals surface area (Å²) in [6, 6.07) is 10.1. The molecule has 0 saturated carbocycles. The Morgan fingerprint density at radius 3 is 2.64 bits per heavy atom. The van der Waals surface area contributed by atoms with E-state index in [1.807, 2.05) is 6.92 Å². The lowest BCUT2D eigenvalue weighted by Gasteiger charge is -2.37. The van der Waals surface area contributed by atoms with Crippen molar-refractivity contribution in [3.8, 4) is 16.9 Å². The number of aliphatic hydroxyl groups excluding tert-OH is 1. The van der Waals surface area contributed by atoms with Gasteiger partial charge in [-0.25, -0.2) is 12.8 Å². The van der Waals surface area contributed by atoms with Crippen LogP contribution in [0, 0.1) is 11.7 Å². The average molecular weight is 479 g/mol. The van der Waals surface area contributed by atoms with E-state index in [-0.39, 0.29) is 42.2 Å². The zero-order valence-corrected chi connectivity index (χ0v) is 20.2. The van der Waals surface area contributed by atoms with Crippen LogP contribution in [0.1, 0.15) is 27.2 Å². The molecule has 1 N–H and O–H groups in total. The summed E-state index contributed by atoms with van der Waals surface area (Å²) >= 11 is 0. The third kappa shape index (κ3) is 5.20. The molecule has 2 aromatic rings. The number of amides is 1. The Bertz CT molecular complexity index is 1110. The van der Waals surface area contributed by atoms with Crippen LogP contribution in [0.5, 0.6) is 5.75 Å². The number of aliphatic hydroxyl groups is 1. The minimum Gasteiger partial charge on any atom is -0.487 e. The molecule has 9 heteroatoms. The SMILES string of the molecule is CCC(=O)N(C)C[C@H]1Oc2cc(-c3ccccc3F)ccc2S(=O)(=O)N([C@@H](C)CO)C[C@H]1C. The van der Waals surface area contributed by atoms with Crippen LogP contribution in [-0.2, 0) is 14.8 Å². The lowest BCUT2D eigenvalue weighted by Crippen LogP contribution is -2.50. The molecule has 2 aromatic carbocycles. The van der Waals surface area contributed by atoms with Crippen molar-refractivity contribution in [1.29, 1.82) is 0 Å². The summed E-state index contributed by atoms with van der Waals surface area (Å²) in [5.41, 5.74) is 0.806. The largest absolute Gasteiger partial charge is 0.487 e. The van der Waals surface area contributed by atoms with E-state index in [0.717, 1.165) is 0 Å². The first kappa shape index (κ1) is 25.1. The van der Waals surface area contributed by atoms with Crippen LogP contribution in [0.15, 0.2) is 47.4 Å². The molecule has 1 aliphatic heterocycles. The van der Waals surface area contributed by atoms with E-state index >= 15 is 0 Å². The Morgan fingerprint density at radius 2 is 2.00 bits per heavy atom. The van der Waals surface area contributed by atoms with Gasteiger partial charge in [0.1, 0.15) is 22.6 Å². The zero-order valence-electron chi connectivity index (χ0n) is 19.4. The predicted molar refractivity (Wildman–Crippen MR) is 124 cm³/mol. The van der Waals surface area contributed by atoms with Gasteiger partial charge in [0.2, 0.25) is 15.9 Å². The summed E-state index contributed by atoms with van der Waals surface area (Å²) in [7, 11) is -2.31. The molecule has 180 valence electrons. The summed E-state index contributed by atoms with van der Waals surface area (Å²) in [5, 5.41) is 9.72. The van der Waals surface area contributed by atoms with Crippen molar-refractivity contribution in [2.45, 2.75) is 44.2 Å². The second kappa shape index (κ2) is 10.2. The van der Waals surface area contributed by atoms with Crippen LogP contribution in [-0.4, -0.2) is 67.5 Å². The highest BCUT2D eigenvalue weighted by atomic mass is 32.2. The molecule has 0 aromatic heterocycles. The van der Waals surface area contributed by atoms with Gasteiger partial charge in [-0.2, -0.15) is 4.31 Å². The number of ether oxygens (including phenoxy) is 1. The number of nitrogens with zero attached hydrogens (tertiary/aromatic N) is 2. The molecule has 0 bridgehead atoms. The molecule has 0 unspecified atom stereocenters. The quantitative estimate of drug-likeness (QED) is 0.689. The smallest absolute Gasteiger partial charge is 0.247 e. The maximum Gasteiger partial charge on any atom is 0.247 e. The molecule has 0 saturated heterocycles. The molecule has 0 fully saturated rings. The topological polar surface area (TPSA) is 87.2 Å². The van der Waals surface area contributed by atoms with E-state index in [0.29, 0.717) is 17.5 Å². The molecule has 0 spiro atoms. The van der Waals surface area contributed by atoms with Gasteiger partial charge >= 0.3 is 0 Å². The second-order valence-corrected chi connectivity index (χ2v) is 10.4. The van der Waals surface area contributed by atoms with Crippen molar-refractivity contribution in [3.05, 3.63) is 48.3 Å². The molecule has 7 nitrogen and oxygen atoms in total. The Morgan fingerprint density at radius 1 is 1.30 bits per heavy atom. The normalized spacial score (nSPS) is 21.3. The fourth-order valence-corrected chi connectivity index (χ4v) is 5.77. The van der Waals surface area contributed by atoms with Gasteiger partial charge in [0.15, 0.2) is 0 Å². The van der Waals surface area contributed by atoms with Gasteiger partial charge < -0.3 is 14.7 Å². The first-order chi connectivity index (χ1) is 15.6. The standard InChI is InChI=1S/C24H31FN2O5S/c1-5-24(29)26(4)14-22-16(2)13-27(17(3)15-28)33(30,31)23-11-10-18(12-21(23)32-22)19-8-6-7-9-20(19)25/h6-12,16-17,22,28H,5,13-15H2,1-4H3/t16-,17+,22-/m1/s1. The number of sulfonamides is 1. The van der Waals surface area contributed by atoms with Gasteiger partial charge in [-0.1, -0.05) is 38.1 Å². The van der Waals surface area contributed by atoms with E-state index in [4.69, 9.17) is 4.74 Å². The molecular weight excluding hydrogens is 447 g/mol. The van der Waals surface area contributed by atoms with Gasteiger partial charge in [-0.05, 0) is 30.7 Å². The first-order valence-corrected chi connectivity index (χ1v) is 12.5. The summed E-state index contributed by atoms with van der Waals surface area (Å²) in [5.74, 6) is -0.674. The fraction of sp³-hybridized carbons (Fsp3) is 0.458. The third-order valence-electron chi connectivity index (χ3n) is 6.03. The minimum atomic E-state index is -3.99. The molecule has 1 amide bonds. The Balaban J connectivity index is 2.14. The van der Waals surface area contributed by atoms with Crippen molar-refractivity contribution in [2.75, 3.05) is 26.7 Å². The highest BCUT2D eigenvalue weighted by Crippen LogP contribution is 2.37. The Labute approximate surface area is 194 Å². The summed E-state index contributed by atoms with van der Waals surface area (Å²) < 4.78 is 49.0. The number of hydrogen-bond acceptors (Lipinski definition) is 5. The molecule has 3 rings (SSSR count). The highest BCUT2D eigenvalue weighted by Gasteiger charge is 2.38. The van der Waals surface area contributed by atoms with Crippen molar-refractivity contribution in [1.82, 2.24) is 9.21 Å². The number of benzene rings is 2. The van der Waals surface area contributed by atoms with Crippen LogP contribution in [0.4, 0.5) is 4.39 Å². The van der Waals surface area contributed by atoms with Crippen LogP contribution in [0.25, 0.3) is 11.1 Å². The number of halogens is 1. The number of rotatable bonds is 6. The molecule has 3 atom stereocenters. The van der Waals surface area contributed by atoms with Crippen LogP contribution in [0.3, 0.4) is 0 Å². The first-order valence-electron chi connectivity index (χ1n) is 11.0. The van der Waals surface area contributed by atoms with E-state index in [1.54, 1.807) is 50.1 Å². The van der Waals surface area contributed by atoms with Crippen molar-refractivity contribution in [2.24, 2.45) is 5.92 Å². The Kier molecular flexibility index (Phi) is 7.76.